The number of carbonyl (C=O) groups is 1. The fraction of sp³-hybridized carbons (Fsp3) is 0.800. The van der Waals surface area contributed by atoms with Gasteiger partial charge in [-0.2, -0.15) is 17.0 Å². The molecule has 4 fully saturated rings. The van der Waals surface area contributed by atoms with Crippen LogP contribution >= 0.6 is 0 Å². The van der Waals surface area contributed by atoms with Gasteiger partial charge in [-0.25, -0.2) is 0 Å². The van der Waals surface area contributed by atoms with Crippen LogP contribution in [0.3, 0.4) is 0 Å². The van der Waals surface area contributed by atoms with Crippen LogP contribution in [0.25, 0.3) is 0 Å². The summed E-state index contributed by atoms with van der Waals surface area (Å²) in [6, 6.07) is 1.25. The Morgan fingerprint density at radius 1 is 1.23 bits per heavy atom. The van der Waals surface area contributed by atoms with E-state index in [1.165, 1.54) is 4.31 Å². The first-order valence-electron chi connectivity index (χ1n) is 11.2. The Balaban J connectivity index is 1.23. The van der Waals surface area contributed by atoms with Gasteiger partial charge in [-0.15, -0.1) is 0 Å². The van der Waals surface area contributed by atoms with Crippen molar-refractivity contribution >= 4 is 16.1 Å². The number of rotatable bonds is 6. The number of piperidine rings is 1. The molecule has 4 aliphatic rings. The third-order valence-electron chi connectivity index (χ3n) is 7.29. The number of carbonyl (C=O) groups excluding carboxylic acids is 1. The zero-order valence-electron chi connectivity index (χ0n) is 17.8. The third kappa shape index (κ3) is 4.02. The van der Waals surface area contributed by atoms with Crippen molar-refractivity contribution in [3.05, 3.63) is 17.5 Å². The van der Waals surface area contributed by atoms with E-state index in [4.69, 9.17) is 4.52 Å². The number of fused-ring (bicyclic) bond motifs is 2. The summed E-state index contributed by atoms with van der Waals surface area (Å²) in [6.07, 6.45) is 4.99. The average Bonchev–Trinajstić information content (AvgIpc) is 3.40. The van der Waals surface area contributed by atoms with Crippen molar-refractivity contribution in [2.45, 2.75) is 68.6 Å². The minimum atomic E-state index is -3.60. The zero-order chi connectivity index (χ0) is 21.8. The number of aliphatic hydroxyl groups is 1. The number of hydrogen-bond acceptors (Lipinski definition) is 7. The molecule has 0 radical (unpaired) electrons. The SMILES string of the molecule is CN1CCN(S(=O)(=O)N2[C@@H]3CC[C@H]2C[C@@H](NC(=O)c2cc(C4CC4)on2)C3)CC1CO. The average molecular weight is 454 g/mol. The maximum Gasteiger partial charge on any atom is 0.282 e. The van der Waals surface area contributed by atoms with Crippen LogP contribution in [-0.4, -0.2) is 95.6 Å². The van der Waals surface area contributed by atoms with Crippen LogP contribution in [0, 0.1) is 0 Å². The molecule has 1 aromatic heterocycles. The maximum atomic E-state index is 13.4. The lowest BCUT2D eigenvalue weighted by molar-refractivity contribution is 0.0840. The predicted octanol–water partition coefficient (Wildman–Crippen LogP) is 0.130. The molecular formula is C20H31N5O5S. The summed E-state index contributed by atoms with van der Waals surface area (Å²) in [5.74, 6) is 0.930. The van der Waals surface area contributed by atoms with Crippen molar-refractivity contribution in [1.29, 1.82) is 0 Å². The van der Waals surface area contributed by atoms with Gasteiger partial charge in [0.15, 0.2) is 5.69 Å². The van der Waals surface area contributed by atoms with Crippen LogP contribution in [0.5, 0.6) is 0 Å². The molecule has 31 heavy (non-hydrogen) atoms. The quantitative estimate of drug-likeness (QED) is 0.628. The van der Waals surface area contributed by atoms with Crippen LogP contribution < -0.4 is 5.32 Å². The molecule has 3 saturated heterocycles. The third-order valence-corrected chi connectivity index (χ3v) is 9.40. The number of nitrogens with zero attached hydrogens (tertiary/aromatic N) is 4. The van der Waals surface area contributed by atoms with Gasteiger partial charge in [0, 0.05) is 55.8 Å². The molecule has 1 aromatic rings. The molecule has 4 heterocycles. The highest BCUT2D eigenvalue weighted by Gasteiger charge is 2.49. The van der Waals surface area contributed by atoms with Gasteiger partial charge in [-0.05, 0) is 45.6 Å². The van der Waals surface area contributed by atoms with E-state index in [-0.39, 0.29) is 36.7 Å². The van der Waals surface area contributed by atoms with Gasteiger partial charge in [0.25, 0.3) is 16.1 Å². The Kier molecular flexibility index (Phi) is 5.58. The van der Waals surface area contributed by atoms with Gasteiger partial charge in [-0.1, -0.05) is 5.16 Å². The normalized spacial score (nSPS) is 33.0. The Labute approximate surface area is 182 Å². The monoisotopic (exact) mass is 453 g/mol. The number of nitrogens with one attached hydrogen (secondary N) is 1. The Morgan fingerprint density at radius 3 is 2.58 bits per heavy atom. The lowest BCUT2D eigenvalue weighted by atomic mass is 9.99. The van der Waals surface area contributed by atoms with Gasteiger partial charge in [0.05, 0.1) is 6.61 Å². The minimum absolute atomic E-state index is 0.0615. The number of piperazine rings is 1. The van der Waals surface area contributed by atoms with Crippen molar-refractivity contribution in [3.8, 4) is 0 Å². The second-order valence-electron chi connectivity index (χ2n) is 9.43. The smallest absolute Gasteiger partial charge is 0.282 e. The molecule has 2 bridgehead atoms. The molecule has 172 valence electrons. The van der Waals surface area contributed by atoms with E-state index >= 15 is 0 Å². The number of hydrogen-bond donors (Lipinski definition) is 2. The molecule has 1 unspecified atom stereocenters. The van der Waals surface area contributed by atoms with Crippen LogP contribution in [-0.2, 0) is 10.2 Å². The van der Waals surface area contributed by atoms with Crippen molar-refractivity contribution < 1.29 is 22.8 Å². The molecule has 5 rings (SSSR count). The predicted molar refractivity (Wildman–Crippen MR) is 112 cm³/mol. The highest BCUT2D eigenvalue weighted by Crippen LogP contribution is 2.41. The maximum absolute atomic E-state index is 13.4. The van der Waals surface area contributed by atoms with E-state index in [1.807, 2.05) is 11.9 Å². The summed E-state index contributed by atoms with van der Waals surface area (Å²) in [5, 5.41) is 16.5. The Bertz CT molecular complexity index is 918. The van der Waals surface area contributed by atoms with Crippen molar-refractivity contribution in [2.75, 3.05) is 33.3 Å². The van der Waals surface area contributed by atoms with Gasteiger partial charge in [0.1, 0.15) is 5.76 Å². The van der Waals surface area contributed by atoms with E-state index in [1.54, 1.807) is 10.4 Å². The second kappa shape index (κ2) is 8.11. The zero-order valence-corrected chi connectivity index (χ0v) is 18.6. The summed E-state index contributed by atoms with van der Waals surface area (Å²) >= 11 is 0. The van der Waals surface area contributed by atoms with Crippen molar-refractivity contribution in [1.82, 2.24) is 24.0 Å². The van der Waals surface area contributed by atoms with E-state index in [2.05, 4.69) is 10.5 Å². The first-order chi connectivity index (χ1) is 14.9. The van der Waals surface area contributed by atoms with Crippen LogP contribution in [0.4, 0.5) is 0 Å². The van der Waals surface area contributed by atoms with E-state index < -0.39 is 10.2 Å². The lowest BCUT2D eigenvalue weighted by Gasteiger charge is -2.44. The number of aromatic nitrogens is 1. The highest BCUT2D eigenvalue weighted by atomic mass is 32.2. The Hall–Kier alpha value is -1.53. The fourth-order valence-corrected chi connectivity index (χ4v) is 7.38. The molecule has 2 N–H and O–H groups in total. The first kappa shape index (κ1) is 21.3. The molecule has 1 amide bonds. The molecule has 1 saturated carbocycles. The highest BCUT2D eigenvalue weighted by molar-refractivity contribution is 7.86. The number of amides is 1. The first-order valence-corrected chi connectivity index (χ1v) is 12.6. The van der Waals surface area contributed by atoms with Gasteiger partial charge in [-0.3, -0.25) is 9.69 Å². The fourth-order valence-electron chi connectivity index (χ4n) is 5.30. The molecule has 0 spiro atoms. The van der Waals surface area contributed by atoms with Crippen LogP contribution in [0.1, 0.15) is 60.7 Å². The number of aliphatic hydroxyl groups excluding tert-OH is 1. The second-order valence-corrected chi connectivity index (χ2v) is 11.3. The molecule has 10 nitrogen and oxygen atoms in total. The standard InChI is InChI=1S/C20H31N5O5S/c1-23-6-7-24(11-17(23)12-26)31(28,29)25-15-4-5-16(25)9-14(8-15)21-20(27)18-10-19(30-22-18)13-2-3-13/h10,13-17,26H,2-9,11-12H2,1H3,(H,21,27)/t14-,15+,16-,17?. The molecular weight excluding hydrogens is 422 g/mol. The van der Waals surface area contributed by atoms with E-state index in [0.717, 1.165) is 31.4 Å². The van der Waals surface area contributed by atoms with Gasteiger partial charge >= 0.3 is 0 Å². The van der Waals surface area contributed by atoms with Crippen molar-refractivity contribution in [3.63, 3.8) is 0 Å². The summed E-state index contributed by atoms with van der Waals surface area (Å²) in [5.41, 5.74) is 0.303. The molecule has 11 heteroatoms. The molecule has 1 aliphatic carbocycles. The lowest BCUT2D eigenvalue weighted by Crippen LogP contribution is -2.61. The summed E-state index contributed by atoms with van der Waals surface area (Å²) in [6.45, 7) is 1.28. The topological polar surface area (TPSA) is 119 Å². The molecule has 3 aliphatic heterocycles. The van der Waals surface area contributed by atoms with E-state index in [9.17, 15) is 18.3 Å². The summed E-state index contributed by atoms with van der Waals surface area (Å²) < 4.78 is 35.3. The number of likely N-dealkylation sites (N-methyl/N-ethyl adjacent to an activating group) is 1. The van der Waals surface area contributed by atoms with E-state index in [0.29, 0.717) is 44.1 Å². The molecule has 0 aromatic carbocycles. The van der Waals surface area contributed by atoms with Crippen molar-refractivity contribution in [2.24, 2.45) is 0 Å². The summed E-state index contributed by atoms with van der Waals surface area (Å²) in [7, 11) is -1.69. The summed E-state index contributed by atoms with van der Waals surface area (Å²) in [4.78, 5) is 14.6. The van der Waals surface area contributed by atoms with Gasteiger partial charge in [0.2, 0.25) is 0 Å². The minimum Gasteiger partial charge on any atom is -0.395 e. The largest absolute Gasteiger partial charge is 0.395 e. The Morgan fingerprint density at radius 2 is 1.94 bits per heavy atom. The molecule has 4 atom stereocenters. The van der Waals surface area contributed by atoms with Crippen LogP contribution in [0.15, 0.2) is 10.6 Å². The van der Waals surface area contributed by atoms with Crippen LogP contribution in [0.2, 0.25) is 0 Å². The van der Waals surface area contributed by atoms with Gasteiger partial charge < -0.3 is 14.9 Å².